The van der Waals surface area contributed by atoms with E-state index in [2.05, 4.69) is 5.32 Å². The third kappa shape index (κ3) is 5.36. The summed E-state index contributed by atoms with van der Waals surface area (Å²) < 4.78 is 6.90. The Morgan fingerprint density at radius 1 is 1.10 bits per heavy atom. The molecule has 1 aromatic heterocycles. The van der Waals surface area contributed by atoms with Gasteiger partial charge in [0.2, 0.25) is 5.91 Å². The minimum Gasteiger partial charge on any atom is -0.383 e. The van der Waals surface area contributed by atoms with Crippen molar-refractivity contribution in [3.8, 4) is 0 Å². The molecule has 0 fully saturated rings. The van der Waals surface area contributed by atoms with Crippen LogP contribution in [0.5, 0.6) is 0 Å². The summed E-state index contributed by atoms with van der Waals surface area (Å²) in [4.78, 5) is 16.9. The number of amides is 1. The van der Waals surface area contributed by atoms with Crippen LogP contribution < -0.4 is 5.32 Å². The number of imidazole rings is 1. The average molecular weight is 475 g/mol. The van der Waals surface area contributed by atoms with Crippen LogP contribution in [0.1, 0.15) is 17.8 Å². The maximum absolute atomic E-state index is 12.2. The quantitative estimate of drug-likeness (QED) is 0.445. The number of fused-ring (bicyclic) bond motifs is 1. The topological polar surface area (TPSA) is 56.1 Å². The Kier molecular flexibility index (Phi) is 7.66. The number of carbonyl (C=O) groups is 1. The summed E-state index contributed by atoms with van der Waals surface area (Å²) in [5.74, 6) is 0.642. The number of aryl methyl sites for hydroxylation is 1. The van der Waals surface area contributed by atoms with Gasteiger partial charge in [-0.3, -0.25) is 4.79 Å². The molecule has 154 valence electrons. The van der Waals surface area contributed by atoms with Crippen molar-refractivity contribution < 1.29 is 9.53 Å². The number of aromatic nitrogens is 2. The first-order chi connectivity index (χ1) is 13.9. The van der Waals surface area contributed by atoms with Gasteiger partial charge in [-0.05, 0) is 29.8 Å². The number of benzene rings is 2. The lowest BCUT2D eigenvalue weighted by Crippen LogP contribution is -2.27. The van der Waals surface area contributed by atoms with Crippen molar-refractivity contribution in [2.24, 2.45) is 0 Å². The third-order valence-corrected chi connectivity index (χ3v) is 5.89. The molecule has 0 unspecified atom stereocenters. The highest BCUT2D eigenvalue weighted by Gasteiger charge is 2.17. The van der Waals surface area contributed by atoms with Gasteiger partial charge in [0, 0.05) is 43.1 Å². The zero-order chi connectivity index (χ0) is 21.0. The second-order valence-corrected chi connectivity index (χ2v) is 8.03. The van der Waals surface area contributed by atoms with Crippen LogP contribution in [0.4, 0.5) is 0 Å². The summed E-state index contributed by atoms with van der Waals surface area (Å²) in [6, 6.07) is 8.83. The molecular formula is C20H19Cl4N3O2. The summed E-state index contributed by atoms with van der Waals surface area (Å²) >= 11 is 25.1. The van der Waals surface area contributed by atoms with Gasteiger partial charge in [0.1, 0.15) is 5.82 Å². The van der Waals surface area contributed by atoms with Crippen LogP contribution in [0.2, 0.25) is 20.1 Å². The van der Waals surface area contributed by atoms with Gasteiger partial charge in [0.15, 0.2) is 0 Å². The summed E-state index contributed by atoms with van der Waals surface area (Å²) in [5, 5.41) is 4.78. The number of methoxy groups -OCH3 is 1. The fourth-order valence-corrected chi connectivity index (χ4v) is 3.85. The highest BCUT2D eigenvalue weighted by atomic mass is 35.5. The second kappa shape index (κ2) is 10.0. The summed E-state index contributed by atoms with van der Waals surface area (Å²) in [6.45, 7) is 1.35. The van der Waals surface area contributed by atoms with Crippen molar-refractivity contribution in [1.82, 2.24) is 14.9 Å². The molecule has 0 saturated carbocycles. The normalized spacial score (nSPS) is 11.2. The van der Waals surface area contributed by atoms with Crippen molar-refractivity contribution >= 4 is 63.3 Å². The minimum atomic E-state index is -0.0781. The Morgan fingerprint density at radius 2 is 1.79 bits per heavy atom. The SMILES string of the molecule is COCCNC(=O)CCn1c(Cc2c(Cl)cccc2Cl)nc2cc(Cl)c(Cl)cc21. The molecule has 0 aliphatic heterocycles. The Balaban J connectivity index is 1.93. The first-order valence-electron chi connectivity index (χ1n) is 8.93. The van der Waals surface area contributed by atoms with Gasteiger partial charge >= 0.3 is 0 Å². The predicted molar refractivity (Wildman–Crippen MR) is 119 cm³/mol. The van der Waals surface area contributed by atoms with Gasteiger partial charge < -0.3 is 14.6 Å². The van der Waals surface area contributed by atoms with Crippen LogP contribution in [0.15, 0.2) is 30.3 Å². The van der Waals surface area contributed by atoms with Crippen molar-refractivity contribution in [2.45, 2.75) is 19.4 Å². The van der Waals surface area contributed by atoms with Crippen LogP contribution in [0.25, 0.3) is 11.0 Å². The molecule has 3 aromatic rings. The van der Waals surface area contributed by atoms with Gasteiger partial charge in [-0.1, -0.05) is 52.5 Å². The number of hydrogen-bond donors (Lipinski definition) is 1. The van der Waals surface area contributed by atoms with E-state index in [1.807, 2.05) is 4.57 Å². The smallest absolute Gasteiger partial charge is 0.221 e. The molecule has 1 N–H and O–H groups in total. The monoisotopic (exact) mass is 473 g/mol. The van der Waals surface area contributed by atoms with Crippen LogP contribution in [-0.4, -0.2) is 35.7 Å². The van der Waals surface area contributed by atoms with Gasteiger partial charge in [-0.25, -0.2) is 4.98 Å². The maximum Gasteiger partial charge on any atom is 0.221 e. The number of rotatable bonds is 8. The number of nitrogens with zero attached hydrogens (tertiary/aromatic N) is 2. The van der Waals surface area contributed by atoms with Crippen molar-refractivity contribution in [3.05, 3.63) is 61.8 Å². The van der Waals surface area contributed by atoms with Gasteiger partial charge in [0.05, 0.1) is 27.7 Å². The second-order valence-electron chi connectivity index (χ2n) is 6.40. The van der Waals surface area contributed by atoms with E-state index in [1.165, 1.54) is 0 Å². The summed E-state index contributed by atoms with van der Waals surface area (Å²) in [5.41, 5.74) is 2.26. The minimum absolute atomic E-state index is 0.0781. The molecule has 29 heavy (non-hydrogen) atoms. The van der Waals surface area contributed by atoms with E-state index < -0.39 is 0 Å². The number of carbonyl (C=O) groups excluding carboxylic acids is 1. The van der Waals surface area contributed by atoms with E-state index in [1.54, 1.807) is 37.4 Å². The van der Waals surface area contributed by atoms with Gasteiger partial charge in [0.25, 0.3) is 0 Å². The number of hydrogen-bond acceptors (Lipinski definition) is 3. The molecule has 1 amide bonds. The summed E-state index contributed by atoms with van der Waals surface area (Å²) in [6.07, 6.45) is 0.687. The van der Waals surface area contributed by atoms with Crippen molar-refractivity contribution in [1.29, 1.82) is 0 Å². The lowest BCUT2D eigenvalue weighted by atomic mass is 10.1. The molecule has 5 nitrogen and oxygen atoms in total. The molecule has 9 heteroatoms. The third-order valence-electron chi connectivity index (χ3n) is 4.46. The van der Waals surface area contributed by atoms with Crippen LogP contribution >= 0.6 is 46.4 Å². The highest BCUT2D eigenvalue weighted by Crippen LogP contribution is 2.31. The molecule has 0 atom stereocenters. The van der Waals surface area contributed by atoms with Crippen LogP contribution in [0, 0.1) is 0 Å². The molecule has 3 rings (SSSR count). The molecule has 0 spiro atoms. The van der Waals surface area contributed by atoms with E-state index in [0.29, 0.717) is 51.7 Å². The number of halogens is 4. The van der Waals surface area contributed by atoms with E-state index in [-0.39, 0.29) is 12.3 Å². The van der Waals surface area contributed by atoms with E-state index in [9.17, 15) is 4.79 Å². The van der Waals surface area contributed by atoms with Gasteiger partial charge in [-0.15, -0.1) is 0 Å². The van der Waals surface area contributed by atoms with Crippen LogP contribution in [0.3, 0.4) is 0 Å². The van der Waals surface area contributed by atoms with E-state index in [4.69, 9.17) is 56.1 Å². The zero-order valence-corrected chi connectivity index (χ0v) is 18.7. The fourth-order valence-electron chi connectivity index (χ4n) is 3.01. The largest absolute Gasteiger partial charge is 0.383 e. The molecule has 1 heterocycles. The van der Waals surface area contributed by atoms with E-state index in [0.717, 1.165) is 16.9 Å². The molecular weight excluding hydrogens is 456 g/mol. The lowest BCUT2D eigenvalue weighted by Gasteiger charge is -2.12. The van der Waals surface area contributed by atoms with Gasteiger partial charge in [-0.2, -0.15) is 0 Å². The maximum atomic E-state index is 12.2. The Hall–Kier alpha value is -1.50. The summed E-state index contributed by atoms with van der Waals surface area (Å²) in [7, 11) is 1.59. The molecule has 2 aromatic carbocycles. The predicted octanol–water partition coefficient (Wildman–Crippen LogP) is 5.39. The number of nitrogens with one attached hydrogen (secondary N) is 1. The molecule has 0 aliphatic rings. The average Bonchev–Trinajstić information content (AvgIpc) is 3.00. The Labute approximate surface area is 188 Å². The number of ether oxygens (including phenoxy) is 1. The van der Waals surface area contributed by atoms with Crippen molar-refractivity contribution in [3.63, 3.8) is 0 Å². The van der Waals surface area contributed by atoms with Crippen LogP contribution in [-0.2, 0) is 22.5 Å². The Morgan fingerprint density at radius 3 is 2.48 bits per heavy atom. The molecule has 0 radical (unpaired) electrons. The zero-order valence-electron chi connectivity index (χ0n) is 15.6. The van der Waals surface area contributed by atoms with E-state index >= 15 is 0 Å². The molecule has 0 saturated heterocycles. The first kappa shape index (κ1) is 22.2. The highest BCUT2D eigenvalue weighted by molar-refractivity contribution is 6.42. The fraction of sp³-hybridized carbons (Fsp3) is 0.300. The van der Waals surface area contributed by atoms with Crippen molar-refractivity contribution in [2.75, 3.05) is 20.3 Å². The Bertz CT molecular complexity index is 1020. The molecule has 0 aliphatic carbocycles. The standard InChI is InChI=1S/C20H19Cl4N3O2/c1-29-8-6-25-20(28)5-7-27-18-11-16(24)15(23)10-17(18)26-19(27)9-12-13(21)3-2-4-14(12)22/h2-4,10-11H,5-9H2,1H3,(H,25,28). The lowest BCUT2D eigenvalue weighted by molar-refractivity contribution is -0.121. The molecule has 0 bridgehead atoms. The first-order valence-corrected chi connectivity index (χ1v) is 10.4.